The Kier molecular flexibility index (Phi) is 8.36. The molecule has 0 aliphatic rings. The first-order chi connectivity index (χ1) is 16.3. The molecule has 9 nitrogen and oxygen atoms in total. The van der Waals surface area contributed by atoms with Gasteiger partial charge in [-0.05, 0) is 44.2 Å². The van der Waals surface area contributed by atoms with Crippen molar-refractivity contribution in [3.8, 4) is 0 Å². The Morgan fingerprint density at radius 2 is 1.91 bits per heavy atom. The highest BCUT2D eigenvalue weighted by Gasteiger charge is 2.21. The summed E-state index contributed by atoms with van der Waals surface area (Å²) in [4.78, 5) is 36.5. The number of methoxy groups -OCH3 is 1. The molecule has 0 saturated carbocycles. The van der Waals surface area contributed by atoms with Crippen LogP contribution in [0.1, 0.15) is 46.4 Å². The van der Waals surface area contributed by atoms with E-state index in [-0.39, 0.29) is 17.2 Å². The summed E-state index contributed by atoms with van der Waals surface area (Å²) in [7, 11) is 1.29. The Labute approximate surface area is 200 Å². The molecule has 0 aliphatic heterocycles. The average Bonchev–Trinajstić information content (AvgIpc) is 3.25. The van der Waals surface area contributed by atoms with Crippen LogP contribution < -0.4 is 10.6 Å². The van der Waals surface area contributed by atoms with Gasteiger partial charge in [0, 0.05) is 12.2 Å². The van der Waals surface area contributed by atoms with Crippen LogP contribution in [-0.2, 0) is 16.1 Å². The minimum Gasteiger partial charge on any atom is -0.465 e. The highest BCUT2D eigenvalue weighted by atomic mass is 32.2. The van der Waals surface area contributed by atoms with Gasteiger partial charge in [-0.1, -0.05) is 30.0 Å². The molecule has 2 N–H and O–H groups in total. The molecule has 3 aromatic rings. The Hall–Kier alpha value is -3.73. The predicted molar refractivity (Wildman–Crippen MR) is 125 cm³/mol. The summed E-state index contributed by atoms with van der Waals surface area (Å²) < 4.78 is 20.4. The first kappa shape index (κ1) is 24.9. The molecule has 34 heavy (non-hydrogen) atoms. The number of esters is 1. The number of hydrogen-bond donors (Lipinski definition) is 2. The topological polar surface area (TPSA) is 115 Å². The number of rotatable bonds is 9. The lowest BCUT2D eigenvalue weighted by Gasteiger charge is -2.15. The van der Waals surface area contributed by atoms with Crippen molar-refractivity contribution in [1.29, 1.82) is 0 Å². The van der Waals surface area contributed by atoms with Gasteiger partial charge >= 0.3 is 5.97 Å². The molecule has 0 fully saturated rings. The van der Waals surface area contributed by atoms with Gasteiger partial charge in [0.1, 0.15) is 5.82 Å². The number of benzene rings is 2. The van der Waals surface area contributed by atoms with E-state index in [2.05, 4.69) is 25.6 Å². The molecule has 178 valence electrons. The molecule has 1 heterocycles. The number of hydrogen-bond acceptors (Lipinski definition) is 7. The molecule has 0 bridgehead atoms. The summed E-state index contributed by atoms with van der Waals surface area (Å²) in [5.74, 6) is -1.41. The number of nitrogens with zero attached hydrogens (tertiary/aromatic N) is 3. The van der Waals surface area contributed by atoms with Crippen molar-refractivity contribution in [2.45, 2.75) is 31.6 Å². The zero-order chi connectivity index (χ0) is 24.7. The summed E-state index contributed by atoms with van der Waals surface area (Å²) in [6.45, 7) is 4.12. The first-order valence-corrected chi connectivity index (χ1v) is 11.4. The number of carbonyl (C=O) groups excluding carboxylic acids is 3. The van der Waals surface area contributed by atoms with Crippen LogP contribution in [0.2, 0.25) is 0 Å². The van der Waals surface area contributed by atoms with Gasteiger partial charge in [-0.25, -0.2) is 9.18 Å². The standard InChI is InChI=1S/C23H24FN5O4S/c1-4-29-20(14(2)25-21(31)17-10-5-6-11-18(17)24)27-28-23(29)34-13-19(30)26-16-9-7-8-15(12-16)22(32)33-3/h5-12,14H,4,13H2,1-3H3,(H,25,31)(H,26,30)/t14-/m1/s1. The third-order valence-electron chi connectivity index (χ3n) is 4.81. The Bertz CT molecular complexity index is 1200. The van der Waals surface area contributed by atoms with Gasteiger partial charge in [0.25, 0.3) is 5.91 Å². The zero-order valence-electron chi connectivity index (χ0n) is 18.9. The van der Waals surface area contributed by atoms with Crippen molar-refractivity contribution in [2.24, 2.45) is 0 Å². The van der Waals surface area contributed by atoms with E-state index in [4.69, 9.17) is 0 Å². The van der Waals surface area contributed by atoms with Crippen molar-refractivity contribution in [1.82, 2.24) is 20.1 Å². The zero-order valence-corrected chi connectivity index (χ0v) is 19.7. The van der Waals surface area contributed by atoms with Crippen molar-refractivity contribution >= 4 is 35.2 Å². The fourth-order valence-electron chi connectivity index (χ4n) is 3.18. The maximum absolute atomic E-state index is 13.9. The number of nitrogens with one attached hydrogen (secondary N) is 2. The number of aromatic nitrogens is 3. The van der Waals surface area contributed by atoms with E-state index in [1.54, 1.807) is 35.8 Å². The predicted octanol–water partition coefficient (Wildman–Crippen LogP) is 3.45. The summed E-state index contributed by atoms with van der Waals surface area (Å²) in [6.07, 6.45) is 0. The lowest BCUT2D eigenvalue weighted by molar-refractivity contribution is -0.113. The van der Waals surface area contributed by atoms with E-state index in [1.807, 2.05) is 6.92 Å². The molecule has 1 aromatic heterocycles. The number of anilines is 1. The van der Waals surface area contributed by atoms with E-state index in [9.17, 15) is 18.8 Å². The largest absolute Gasteiger partial charge is 0.465 e. The number of carbonyl (C=O) groups is 3. The monoisotopic (exact) mass is 485 g/mol. The maximum atomic E-state index is 13.9. The molecule has 2 aromatic carbocycles. The highest BCUT2D eigenvalue weighted by Crippen LogP contribution is 2.22. The number of thioether (sulfide) groups is 1. The summed E-state index contributed by atoms with van der Waals surface area (Å²) in [6, 6.07) is 11.6. The number of ether oxygens (including phenoxy) is 1. The fraction of sp³-hybridized carbons (Fsp3) is 0.261. The second-order valence-corrected chi connectivity index (χ2v) is 8.11. The summed E-state index contributed by atoms with van der Waals surface area (Å²) >= 11 is 1.18. The fourth-order valence-corrected chi connectivity index (χ4v) is 3.99. The van der Waals surface area contributed by atoms with Crippen LogP contribution in [0.5, 0.6) is 0 Å². The van der Waals surface area contributed by atoms with E-state index < -0.39 is 23.7 Å². The molecule has 0 radical (unpaired) electrons. The lowest BCUT2D eigenvalue weighted by atomic mass is 10.2. The summed E-state index contributed by atoms with van der Waals surface area (Å²) in [5.41, 5.74) is 0.741. The van der Waals surface area contributed by atoms with Crippen LogP contribution in [0, 0.1) is 5.82 Å². The third-order valence-corrected chi connectivity index (χ3v) is 5.78. The molecular weight excluding hydrogens is 461 g/mol. The molecule has 11 heteroatoms. The Morgan fingerprint density at radius 3 is 2.62 bits per heavy atom. The van der Waals surface area contributed by atoms with Crippen LogP contribution in [-0.4, -0.2) is 45.4 Å². The SMILES string of the molecule is CCn1c(SCC(=O)Nc2cccc(C(=O)OC)c2)nnc1[C@@H](C)NC(=O)c1ccccc1F. The van der Waals surface area contributed by atoms with Crippen LogP contribution >= 0.6 is 11.8 Å². The quantitative estimate of drug-likeness (QED) is 0.352. The van der Waals surface area contributed by atoms with Gasteiger partial charge in [0.05, 0.1) is 30.0 Å². The molecular formula is C23H24FN5O4S. The van der Waals surface area contributed by atoms with Gasteiger partial charge in [0.2, 0.25) is 5.91 Å². The van der Waals surface area contributed by atoms with Crippen LogP contribution in [0.15, 0.2) is 53.7 Å². The Morgan fingerprint density at radius 1 is 1.15 bits per heavy atom. The van der Waals surface area contributed by atoms with Gasteiger partial charge < -0.3 is 19.9 Å². The number of amides is 2. The average molecular weight is 486 g/mol. The van der Waals surface area contributed by atoms with E-state index >= 15 is 0 Å². The van der Waals surface area contributed by atoms with E-state index in [0.29, 0.717) is 28.8 Å². The molecule has 1 atom stereocenters. The molecule has 0 aliphatic carbocycles. The van der Waals surface area contributed by atoms with Gasteiger partial charge in [-0.2, -0.15) is 0 Å². The van der Waals surface area contributed by atoms with E-state index in [1.165, 1.54) is 43.1 Å². The van der Waals surface area contributed by atoms with Crippen molar-refractivity contribution in [3.05, 3.63) is 71.3 Å². The van der Waals surface area contributed by atoms with Crippen molar-refractivity contribution < 1.29 is 23.5 Å². The van der Waals surface area contributed by atoms with E-state index in [0.717, 1.165) is 0 Å². The Balaban J connectivity index is 1.63. The van der Waals surface area contributed by atoms with Crippen molar-refractivity contribution in [3.63, 3.8) is 0 Å². The van der Waals surface area contributed by atoms with Gasteiger partial charge in [-0.3, -0.25) is 9.59 Å². The molecule has 2 amide bonds. The van der Waals surface area contributed by atoms with Gasteiger partial charge in [-0.15, -0.1) is 10.2 Å². The molecule has 0 spiro atoms. The van der Waals surface area contributed by atoms with Crippen LogP contribution in [0.4, 0.5) is 10.1 Å². The second kappa shape index (κ2) is 11.4. The summed E-state index contributed by atoms with van der Waals surface area (Å²) in [5, 5.41) is 14.3. The second-order valence-electron chi connectivity index (χ2n) is 7.17. The smallest absolute Gasteiger partial charge is 0.337 e. The van der Waals surface area contributed by atoms with Gasteiger partial charge in [0.15, 0.2) is 11.0 Å². The minimum absolute atomic E-state index is 0.0521. The normalized spacial score (nSPS) is 11.5. The molecule has 0 unspecified atom stereocenters. The van der Waals surface area contributed by atoms with Crippen LogP contribution in [0.3, 0.4) is 0 Å². The third kappa shape index (κ3) is 5.98. The van der Waals surface area contributed by atoms with Crippen molar-refractivity contribution in [2.75, 3.05) is 18.2 Å². The first-order valence-electron chi connectivity index (χ1n) is 10.4. The van der Waals surface area contributed by atoms with Crippen LogP contribution in [0.25, 0.3) is 0 Å². The maximum Gasteiger partial charge on any atom is 0.337 e. The molecule has 0 saturated heterocycles. The number of halogens is 1. The highest BCUT2D eigenvalue weighted by molar-refractivity contribution is 7.99. The molecule has 3 rings (SSSR count). The minimum atomic E-state index is -0.608. The lowest BCUT2D eigenvalue weighted by Crippen LogP contribution is -2.29.